The van der Waals surface area contributed by atoms with Gasteiger partial charge in [-0.1, -0.05) is 0 Å². The molecule has 20 nitrogen and oxygen atoms in total. The van der Waals surface area contributed by atoms with Gasteiger partial charge >= 0.3 is 0 Å². The van der Waals surface area contributed by atoms with Crippen LogP contribution in [0, 0.1) is 32.0 Å². The molecular weight excluding hydrogens is 1020 g/mol. The van der Waals surface area contributed by atoms with Gasteiger partial charge in [-0.3, -0.25) is 0 Å². The van der Waals surface area contributed by atoms with Gasteiger partial charge in [0.1, 0.15) is 16.2 Å². The molecule has 0 aliphatic heterocycles. The topological polar surface area (TPSA) is 338 Å². The Morgan fingerprint density at radius 2 is 0.614 bits per heavy atom. The number of nitriles is 3. The highest BCUT2D eigenvalue weighted by Gasteiger charge is 1.94. The second-order valence-corrected chi connectivity index (χ2v) is 16.1. The number of thioether (sulfide) groups is 3. The van der Waals surface area contributed by atoms with E-state index in [0.29, 0.717) is 104 Å². The molecule has 0 aliphatic carbocycles. The lowest BCUT2D eigenvalue weighted by atomic mass is 10.3. The van der Waals surface area contributed by atoms with E-state index in [4.69, 9.17) is 88.1 Å². The summed E-state index contributed by atoms with van der Waals surface area (Å²) in [6, 6.07) is 0. The third kappa shape index (κ3) is 112. The quantitative estimate of drug-likeness (QED) is 0.0209. The number of rotatable bonds is 46. The highest BCUT2D eigenvalue weighted by atomic mass is 32.2. The standard InChI is InChI=1S/C12H20N2O2S2.C10H24N2O2.C8H12N2O2S2.C6H16N2O2.C5H6N2S2.C3H10N2/c13-11-18-10-4-9-16-7-2-1-6-15-8-3-5-14-12-17;11-5-3-9-13-7-1-2-8-14-10-4-6-12;9-7-14-6-5-12-4-3-11-2-1-10-8-13;7-1-3-9-5-6-10-4-2-8;6-4-9-3-1-2-7-5-8;4-2-1-3-5/h1-10H2;1-12H2;1-6H2;1-8H2;1-3H2;1-5H2. The highest BCUT2D eigenvalue weighted by molar-refractivity contribution is 8.04. The van der Waals surface area contributed by atoms with E-state index < -0.39 is 0 Å². The summed E-state index contributed by atoms with van der Waals surface area (Å²) in [4.78, 5) is 11.2. The molecule has 70 heavy (non-hydrogen) atoms. The maximum Gasteiger partial charge on any atom is 0.133 e. The number of unbranched alkanes of at least 4 members (excludes halogenated alkanes) is 2. The molecule has 0 aromatic carbocycles. The smallest absolute Gasteiger partial charge is 0.133 e. The third-order valence-electron chi connectivity index (χ3n) is 6.99. The van der Waals surface area contributed by atoms with Crippen LogP contribution in [0.4, 0.5) is 0 Å². The molecule has 0 heterocycles. The Morgan fingerprint density at radius 1 is 0.300 bits per heavy atom. The van der Waals surface area contributed by atoms with Crippen molar-refractivity contribution in [3.8, 4) is 16.2 Å². The SMILES string of the molecule is N#CSCCCN=C=S.N#CSCCCOCCCCOCCCN=C=S.N#CSCCOCCOCCN=C=S.NCCCN.NCCCOCCCCOCCCN.NCCOCCOCCN. The first-order valence-electron chi connectivity index (χ1n) is 23.4. The number of thiocarbonyl (C=S) groups is 3. The van der Waals surface area contributed by atoms with Gasteiger partial charge < -0.3 is 72.3 Å². The number of nitrogens with two attached hydrogens (primary N) is 6. The Bertz CT molecular complexity index is 1210. The molecule has 0 atom stereocenters. The fourth-order valence-corrected chi connectivity index (χ4v) is 4.99. The zero-order valence-electron chi connectivity index (χ0n) is 41.7. The summed E-state index contributed by atoms with van der Waals surface area (Å²) in [5.41, 5.74) is 31.1. The van der Waals surface area contributed by atoms with Crippen LogP contribution in [0.25, 0.3) is 0 Å². The van der Waals surface area contributed by atoms with E-state index in [0.717, 1.165) is 142 Å². The van der Waals surface area contributed by atoms with Crippen molar-refractivity contribution >= 4 is 87.4 Å². The number of thiocyanates is 3. The number of isothiocyanates is 3. The minimum Gasteiger partial charge on any atom is -0.381 e. The minimum atomic E-state index is 0.542. The van der Waals surface area contributed by atoms with E-state index in [1.54, 1.807) is 0 Å². The third-order valence-corrected chi connectivity index (χ3v) is 9.12. The van der Waals surface area contributed by atoms with Crippen LogP contribution in [0.5, 0.6) is 0 Å². The largest absolute Gasteiger partial charge is 0.381 e. The molecule has 0 aromatic rings. The van der Waals surface area contributed by atoms with Crippen molar-refractivity contribution in [3.63, 3.8) is 0 Å². The molecule has 12 N–H and O–H groups in total. The molecule has 0 aromatic heterocycles. The van der Waals surface area contributed by atoms with Crippen molar-refractivity contribution in [2.24, 2.45) is 49.4 Å². The Hall–Kier alpha value is -1.64. The molecule has 0 unspecified atom stereocenters. The fraction of sp³-hybridized carbons (Fsp3) is 0.864. The molecule has 0 spiro atoms. The molecule has 0 bridgehead atoms. The second-order valence-electron chi connectivity index (χ2n) is 12.9. The van der Waals surface area contributed by atoms with E-state index in [2.05, 4.69) is 67.1 Å². The maximum atomic E-state index is 8.30. The van der Waals surface area contributed by atoms with Crippen LogP contribution in [0.3, 0.4) is 0 Å². The van der Waals surface area contributed by atoms with Gasteiger partial charge in [0.15, 0.2) is 0 Å². The van der Waals surface area contributed by atoms with Gasteiger partial charge in [-0.05, 0) is 162 Å². The lowest BCUT2D eigenvalue weighted by Gasteiger charge is -2.04. The molecule has 0 rings (SSSR count). The van der Waals surface area contributed by atoms with Crippen molar-refractivity contribution in [3.05, 3.63) is 0 Å². The average molecular weight is 1110 g/mol. The van der Waals surface area contributed by atoms with Crippen molar-refractivity contribution in [1.82, 2.24) is 0 Å². The second kappa shape index (κ2) is 93.4. The normalized spacial score (nSPS) is 9.47. The maximum absolute atomic E-state index is 8.30. The van der Waals surface area contributed by atoms with Crippen LogP contribution in [0.2, 0.25) is 0 Å². The van der Waals surface area contributed by atoms with Crippen LogP contribution in [-0.2, 0) is 37.9 Å². The van der Waals surface area contributed by atoms with Crippen LogP contribution in [0.15, 0.2) is 15.0 Å². The molecule has 408 valence electrons. The van der Waals surface area contributed by atoms with E-state index in [-0.39, 0.29) is 0 Å². The average Bonchev–Trinajstić information content (AvgIpc) is 3.37. The zero-order valence-corrected chi connectivity index (χ0v) is 46.6. The summed E-state index contributed by atoms with van der Waals surface area (Å²) in [7, 11) is 0. The Labute approximate surface area is 450 Å². The lowest BCUT2D eigenvalue weighted by molar-refractivity contribution is 0.0538. The van der Waals surface area contributed by atoms with Crippen LogP contribution >= 0.6 is 71.9 Å². The summed E-state index contributed by atoms with van der Waals surface area (Å²) in [6.07, 6.45) is 9.75. The summed E-state index contributed by atoms with van der Waals surface area (Å²) in [6.45, 7) is 16.8. The highest BCUT2D eigenvalue weighted by Crippen LogP contribution is 2.00. The Balaban J connectivity index is -0.000000181. The minimum absolute atomic E-state index is 0.542. The van der Waals surface area contributed by atoms with Gasteiger partial charge in [0.25, 0.3) is 0 Å². The molecular formula is C44H88N12O8S6. The van der Waals surface area contributed by atoms with Crippen molar-refractivity contribution < 1.29 is 37.9 Å². The summed E-state index contributed by atoms with van der Waals surface area (Å²) < 4.78 is 42.0. The van der Waals surface area contributed by atoms with Crippen LogP contribution in [0.1, 0.15) is 64.2 Å². The summed E-state index contributed by atoms with van der Waals surface area (Å²) in [5, 5.41) is 37.4. The Morgan fingerprint density at radius 3 is 1.00 bits per heavy atom. The van der Waals surface area contributed by atoms with Gasteiger partial charge in [-0.15, -0.1) is 0 Å². The fourth-order valence-electron chi connectivity index (χ4n) is 3.70. The van der Waals surface area contributed by atoms with Crippen LogP contribution in [-0.4, -0.2) is 197 Å². The molecule has 0 radical (unpaired) electrons. The van der Waals surface area contributed by atoms with Crippen molar-refractivity contribution in [1.29, 1.82) is 15.8 Å². The number of nitrogens with zero attached hydrogens (tertiary/aromatic N) is 6. The van der Waals surface area contributed by atoms with Gasteiger partial charge in [-0.2, -0.15) is 15.8 Å². The summed E-state index contributed by atoms with van der Waals surface area (Å²) in [5.74, 6) is 2.38. The number of aliphatic imine (C=N–C) groups is 3. The zero-order chi connectivity index (χ0) is 53.0. The predicted molar refractivity (Wildman–Crippen MR) is 301 cm³/mol. The molecule has 26 heteroatoms. The first-order chi connectivity index (χ1) is 34.5. The van der Waals surface area contributed by atoms with Gasteiger partial charge in [0.05, 0.1) is 88.0 Å². The molecule has 0 fully saturated rings. The predicted octanol–water partition coefficient (Wildman–Crippen LogP) is 4.66. The van der Waals surface area contributed by atoms with Gasteiger partial charge in [-0.25, -0.2) is 15.0 Å². The van der Waals surface area contributed by atoms with Crippen LogP contribution < -0.4 is 34.4 Å². The molecule has 0 amide bonds. The number of hydrogen-bond donors (Lipinski definition) is 6. The Kier molecular flexibility index (Phi) is 106. The first-order valence-corrected chi connectivity index (χ1v) is 27.6. The molecule has 0 aliphatic rings. The van der Waals surface area contributed by atoms with E-state index in [9.17, 15) is 0 Å². The van der Waals surface area contributed by atoms with Crippen molar-refractivity contribution in [2.45, 2.75) is 64.2 Å². The van der Waals surface area contributed by atoms with E-state index in [1.165, 1.54) is 35.3 Å². The van der Waals surface area contributed by atoms with Gasteiger partial charge in [0, 0.05) is 83.2 Å². The molecule has 0 saturated carbocycles. The monoisotopic (exact) mass is 1100 g/mol. The molecule has 0 saturated heterocycles. The van der Waals surface area contributed by atoms with E-state index in [1.807, 2.05) is 16.2 Å². The lowest BCUT2D eigenvalue weighted by Crippen LogP contribution is -2.14. The summed E-state index contributed by atoms with van der Waals surface area (Å²) >= 11 is 16.9. The first kappa shape index (κ1) is 79.8. The number of ether oxygens (including phenoxy) is 8. The number of hydrogen-bond acceptors (Lipinski definition) is 26. The van der Waals surface area contributed by atoms with Gasteiger partial charge in [0.2, 0.25) is 0 Å². The van der Waals surface area contributed by atoms with E-state index >= 15 is 0 Å². The van der Waals surface area contributed by atoms with Crippen molar-refractivity contribution in [2.75, 3.05) is 182 Å².